The van der Waals surface area contributed by atoms with Gasteiger partial charge in [0.15, 0.2) is 0 Å². The molecule has 7 heteroatoms. The minimum absolute atomic E-state index is 0.0227. The number of halogens is 1. The van der Waals surface area contributed by atoms with Gasteiger partial charge in [0, 0.05) is 30.1 Å². The van der Waals surface area contributed by atoms with Gasteiger partial charge in [0.05, 0.1) is 13.7 Å². The minimum Gasteiger partial charge on any atom is -0.496 e. The number of likely N-dealkylation sites (N-methyl/N-ethyl adjacent to an activating group) is 1. The van der Waals surface area contributed by atoms with Gasteiger partial charge < -0.3 is 15.4 Å². The number of methoxy groups -OCH3 is 1. The van der Waals surface area contributed by atoms with Gasteiger partial charge in [-0.3, -0.25) is 14.5 Å². The van der Waals surface area contributed by atoms with Crippen LogP contribution in [0.5, 0.6) is 5.75 Å². The summed E-state index contributed by atoms with van der Waals surface area (Å²) in [6.07, 6.45) is 1.43. The van der Waals surface area contributed by atoms with Crippen molar-refractivity contribution in [2.75, 3.05) is 33.8 Å². The SMILES string of the molecule is COc1ccc(Cl)cc1CN(C)C(=O)CN1CCC(C(N)=O)CC1. The Morgan fingerprint density at radius 2 is 2.04 bits per heavy atom. The number of carbonyl (C=O) groups excluding carboxylic acids is 2. The lowest BCUT2D eigenvalue weighted by Crippen LogP contribution is -2.43. The summed E-state index contributed by atoms with van der Waals surface area (Å²) in [7, 11) is 3.36. The predicted octanol–water partition coefficient (Wildman–Crippen LogP) is 1.50. The molecule has 1 fully saturated rings. The van der Waals surface area contributed by atoms with E-state index in [0.717, 1.165) is 5.56 Å². The van der Waals surface area contributed by atoms with Crippen LogP contribution in [0.1, 0.15) is 18.4 Å². The zero-order chi connectivity index (χ0) is 17.7. The lowest BCUT2D eigenvalue weighted by molar-refractivity contribution is -0.132. The van der Waals surface area contributed by atoms with Crippen molar-refractivity contribution in [3.8, 4) is 5.75 Å². The molecule has 1 heterocycles. The van der Waals surface area contributed by atoms with Crippen molar-refractivity contribution in [1.29, 1.82) is 0 Å². The summed E-state index contributed by atoms with van der Waals surface area (Å²) in [5.74, 6) is 0.423. The zero-order valence-corrected chi connectivity index (χ0v) is 14.9. The molecule has 1 aromatic rings. The maximum atomic E-state index is 12.4. The van der Waals surface area contributed by atoms with Crippen molar-refractivity contribution >= 4 is 23.4 Å². The summed E-state index contributed by atoms with van der Waals surface area (Å²) in [4.78, 5) is 27.3. The lowest BCUT2D eigenvalue weighted by Gasteiger charge is -2.31. The number of hydrogen-bond acceptors (Lipinski definition) is 4. The van der Waals surface area contributed by atoms with Crippen LogP contribution in [0.25, 0.3) is 0 Å². The van der Waals surface area contributed by atoms with Gasteiger partial charge in [-0.2, -0.15) is 0 Å². The molecule has 132 valence electrons. The van der Waals surface area contributed by atoms with Crippen molar-refractivity contribution in [3.05, 3.63) is 28.8 Å². The van der Waals surface area contributed by atoms with Crippen LogP contribution in [0.3, 0.4) is 0 Å². The van der Waals surface area contributed by atoms with E-state index >= 15 is 0 Å². The molecule has 0 atom stereocenters. The van der Waals surface area contributed by atoms with Crippen LogP contribution in [0.15, 0.2) is 18.2 Å². The van der Waals surface area contributed by atoms with E-state index in [1.54, 1.807) is 31.2 Å². The van der Waals surface area contributed by atoms with Crippen LogP contribution in [0, 0.1) is 5.92 Å². The van der Waals surface area contributed by atoms with Crippen molar-refractivity contribution in [3.63, 3.8) is 0 Å². The van der Waals surface area contributed by atoms with Gasteiger partial charge in [0.1, 0.15) is 5.75 Å². The number of benzene rings is 1. The number of amides is 2. The van der Waals surface area contributed by atoms with E-state index in [2.05, 4.69) is 4.90 Å². The molecular weight excluding hydrogens is 330 g/mol. The first-order chi connectivity index (χ1) is 11.4. The Morgan fingerprint density at radius 3 is 2.62 bits per heavy atom. The quantitative estimate of drug-likeness (QED) is 0.841. The average Bonchev–Trinajstić information content (AvgIpc) is 2.55. The lowest BCUT2D eigenvalue weighted by atomic mass is 9.96. The molecule has 0 spiro atoms. The summed E-state index contributed by atoms with van der Waals surface area (Å²) >= 11 is 6.03. The Kier molecular flexibility index (Phi) is 6.45. The van der Waals surface area contributed by atoms with Gasteiger partial charge >= 0.3 is 0 Å². The maximum absolute atomic E-state index is 12.4. The smallest absolute Gasteiger partial charge is 0.236 e. The van der Waals surface area contributed by atoms with Crippen LogP contribution in [-0.2, 0) is 16.1 Å². The predicted molar refractivity (Wildman–Crippen MR) is 92.8 cm³/mol. The molecule has 6 nitrogen and oxygen atoms in total. The summed E-state index contributed by atoms with van der Waals surface area (Å²) in [6.45, 7) is 2.20. The van der Waals surface area contributed by atoms with E-state index < -0.39 is 0 Å². The number of likely N-dealkylation sites (tertiary alicyclic amines) is 1. The van der Waals surface area contributed by atoms with Crippen molar-refractivity contribution in [2.24, 2.45) is 11.7 Å². The number of hydrogen-bond donors (Lipinski definition) is 1. The highest BCUT2D eigenvalue weighted by atomic mass is 35.5. The minimum atomic E-state index is -0.244. The third kappa shape index (κ3) is 4.85. The van der Waals surface area contributed by atoms with E-state index in [1.807, 2.05) is 6.07 Å². The molecule has 0 aromatic heterocycles. The first kappa shape index (κ1) is 18.5. The highest BCUT2D eigenvalue weighted by Crippen LogP contribution is 2.24. The van der Waals surface area contributed by atoms with Crippen molar-refractivity contribution in [2.45, 2.75) is 19.4 Å². The molecule has 0 unspecified atom stereocenters. The molecule has 0 aliphatic carbocycles. The molecule has 2 amide bonds. The third-order valence-corrected chi connectivity index (χ3v) is 4.66. The summed E-state index contributed by atoms with van der Waals surface area (Å²) in [5.41, 5.74) is 6.20. The number of ether oxygens (including phenoxy) is 1. The van der Waals surface area contributed by atoms with Gasteiger partial charge in [0.2, 0.25) is 11.8 Å². The van der Waals surface area contributed by atoms with Gasteiger partial charge in [-0.25, -0.2) is 0 Å². The fourth-order valence-electron chi connectivity index (χ4n) is 2.90. The van der Waals surface area contributed by atoms with Gasteiger partial charge in [0.25, 0.3) is 0 Å². The topological polar surface area (TPSA) is 75.9 Å². The highest BCUT2D eigenvalue weighted by molar-refractivity contribution is 6.30. The van der Waals surface area contributed by atoms with E-state index in [0.29, 0.717) is 49.8 Å². The second kappa shape index (κ2) is 8.35. The first-order valence-corrected chi connectivity index (χ1v) is 8.36. The zero-order valence-electron chi connectivity index (χ0n) is 14.1. The monoisotopic (exact) mass is 353 g/mol. The Hall–Kier alpha value is -1.79. The van der Waals surface area contributed by atoms with Gasteiger partial charge in [-0.1, -0.05) is 11.6 Å². The van der Waals surface area contributed by atoms with Crippen LogP contribution in [0.4, 0.5) is 0 Å². The molecule has 1 saturated heterocycles. The molecule has 1 aromatic carbocycles. The van der Waals surface area contributed by atoms with Gasteiger partial charge in [-0.05, 0) is 44.1 Å². The Bertz CT molecular complexity index is 601. The molecule has 0 saturated carbocycles. The third-order valence-electron chi connectivity index (χ3n) is 4.42. The molecule has 2 N–H and O–H groups in total. The van der Waals surface area contributed by atoms with E-state index in [4.69, 9.17) is 22.1 Å². The molecule has 24 heavy (non-hydrogen) atoms. The summed E-state index contributed by atoms with van der Waals surface area (Å²) in [6, 6.07) is 5.36. The molecule has 1 aliphatic rings. The summed E-state index contributed by atoms with van der Waals surface area (Å²) in [5, 5.41) is 0.611. The summed E-state index contributed by atoms with van der Waals surface area (Å²) < 4.78 is 5.31. The van der Waals surface area contributed by atoms with Crippen LogP contribution in [-0.4, -0.2) is 55.4 Å². The van der Waals surface area contributed by atoms with Gasteiger partial charge in [-0.15, -0.1) is 0 Å². The Labute approximate surface area is 147 Å². The van der Waals surface area contributed by atoms with E-state index in [1.165, 1.54) is 0 Å². The number of primary amides is 1. The largest absolute Gasteiger partial charge is 0.496 e. The number of nitrogens with zero attached hydrogens (tertiary/aromatic N) is 2. The average molecular weight is 354 g/mol. The van der Waals surface area contributed by atoms with E-state index in [9.17, 15) is 9.59 Å². The molecular formula is C17H24ClN3O3. The number of nitrogens with two attached hydrogens (primary N) is 1. The molecule has 0 bridgehead atoms. The first-order valence-electron chi connectivity index (χ1n) is 7.98. The molecule has 0 radical (unpaired) electrons. The van der Waals surface area contributed by atoms with E-state index in [-0.39, 0.29) is 17.7 Å². The van der Waals surface area contributed by atoms with Crippen LogP contribution < -0.4 is 10.5 Å². The van der Waals surface area contributed by atoms with Crippen LogP contribution >= 0.6 is 11.6 Å². The number of carbonyl (C=O) groups is 2. The molecule has 2 rings (SSSR count). The normalized spacial score (nSPS) is 16.0. The second-order valence-corrected chi connectivity index (χ2v) is 6.60. The fourth-order valence-corrected chi connectivity index (χ4v) is 3.10. The standard InChI is InChI=1S/C17H24ClN3O3/c1-20(10-13-9-14(18)3-4-15(13)24-2)16(22)11-21-7-5-12(6-8-21)17(19)23/h3-4,9,12H,5-8,10-11H2,1-2H3,(H2,19,23). The Morgan fingerprint density at radius 1 is 1.38 bits per heavy atom. The maximum Gasteiger partial charge on any atom is 0.236 e. The number of piperidine rings is 1. The Balaban J connectivity index is 1.89. The highest BCUT2D eigenvalue weighted by Gasteiger charge is 2.25. The van der Waals surface area contributed by atoms with Crippen molar-refractivity contribution in [1.82, 2.24) is 9.80 Å². The second-order valence-electron chi connectivity index (χ2n) is 6.16. The molecule has 1 aliphatic heterocycles. The van der Waals surface area contributed by atoms with Crippen molar-refractivity contribution < 1.29 is 14.3 Å². The fraction of sp³-hybridized carbons (Fsp3) is 0.529. The van der Waals surface area contributed by atoms with Crippen LogP contribution in [0.2, 0.25) is 5.02 Å². The number of rotatable bonds is 6.